The van der Waals surface area contributed by atoms with Crippen LogP contribution in [0, 0.1) is 5.82 Å². The maximum atomic E-state index is 12.8. The topological polar surface area (TPSA) is 83.8 Å². The highest BCUT2D eigenvalue weighted by atomic mass is 19.1. The second-order valence-electron chi connectivity index (χ2n) is 4.43. The number of carbonyl (C=O) groups is 1. The van der Waals surface area contributed by atoms with Gasteiger partial charge in [0, 0.05) is 12.1 Å². The van der Waals surface area contributed by atoms with Crippen molar-refractivity contribution in [3.8, 4) is 11.3 Å². The minimum atomic E-state index is -0.304. The molecule has 0 saturated heterocycles. The molecular formula is C14H17FN4O. The summed E-state index contributed by atoms with van der Waals surface area (Å²) in [5.41, 5.74) is 7.13. The first-order valence-corrected chi connectivity index (χ1v) is 6.50. The van der Waals surface area contributed by atoms with E-state index in [-0.39, 0.29) is 11.7 Å². The van der Waals surface area contributed by atoms with Crippen molar-refractivity contribution in [2.45, 2.75) is 12.8 Å². The summed E-state index contributed by atoms with van der Waals surface area (Å²) in [6.45, 7) is 1.20. The summed E-state index contributed by atoms with van der Waals surface area (Å²) in [6.07, 6.45) is 1.73. The number of H-pyrrole nitrogens is 1. The molecule has 0 aliphatic rings. The van der Waals surface area contributed by atoms with Gasteiger partial charge in [-0.1, -0.05) is 0 Å². The fourth-order valence-corrected chi connectivity index (χ4v) is 1.77. The average Bonchev–Trinajstić information content (AvgIpc) is 2.94. The van der Waals surface area contributed by atoms with E-state index in [9.17, 15) is 9.18 Å². The van der Waals surface area contributed by atoms with Gasteiger partial charge in [-0.3, -0.25) is 9.89 Å². The zero-order valence-electron chi connectivity index (χ0n) is 11.0. The second kappa shape index (κ2) is 6.81. The van der Waals surface area contributed by atoms with Crippen LogP contribution in [0.2, 0.25) is 0 Å². The molecule has 0 unspecified atom stereocenters. The molecule has 1 aromatic heterocycles. The Kier molecular flexibility index (Phi) is 4.84. The van der Waals surface area contributed by atoms with Crippen LogP contribution in [-0.4, -0.2) is 29.2 Å². The minimum absolute atomic E-state index is 0.206. The molecular weight excluding hydrogens is 259 g/mol. The van der Waals surface area contributed by atoms with Crippen LogP contribution in [0.25, 0.3) is 11.3 Å². The number of aromatic amines is 1. The van der Waals surface area contributed by atoms with Crippen molar-refractivity contribution in [3.05, 3.63) is 41.8 Å². The van der Waals surface area contributed by atoms with Gasteiger partial charge in [0.2, 0.25) is 0 Å². The first-order valence-electron chi connectivity index (χ1n) is 6.50. The van der Waals surface area contributed by atoms with Gasteiger partial charge in [-0.2, -0.15) is 5.10 Å². The summed E-state index contributed by atoms with van der Waals surface area (Å²) in [6, 6.07) is 7.60. The number of nitrogens with one attached hydrogen (secondary N) is 2. The molecule has 5 nitrogen and oxygen atoms in total. The third-order valence-electron chi connectivity index (χ3n) is 2.88. The van der Waals surface area contributed by atoms with Gasteiger partial charge in [0.15, 0.2) is 0 Å². The molecule has 2 aromatic rings. The smallest absolute Gasteiger partial charge is 0.269 e. The molecule has 0 aliphatic carbocycles. The quantitative estimate of drug-likeness (QED) is 0.702. The Morgan fingerprint density at radius 3 is 2.75 bits per heavy atom. The lowest BCUT2D eigenvalue weighted by Crippen LogP contribution is -2.25. The van der Waals surface area contributed by atoms with Gasteiger partial charge in [-0.25, -0.2) is 4.39 Å². The van der Waals surface area contributed by atoms with Crippen LogP contribution in [0.15, 0.2) is 30.3 Å². The monoisotopic (exact) mass is 276 g/mol. The molecule has 106 valence electrons. The van der Waals surface area contributed by atoms with Gasteiger partial charge in [0.1, 0.15) is 11.5 Å². The van der Waals surface area contributed by atoms with Gasteiger partial charge in [-0.05, 0) is 49.7 Å². The highest BCUT2D eigenvalue weighted by molar-refractivity contribution is 5.93. The third kappa shape index (κ3) is 3.64. The van der Waals surface area contributed by atoms with Crippen LogP contribution in [-0.2, 0) is 0 Å². The largest absolute Gasteiger partial charge is 0.351 e. The number of nitrogens with two attached hydrogens (primary N) is 1. The summed E-state index contributed by atoms with van der Waals surface area (Å²) >= 11 is 0. The molecule has 0 aliphatic heterocycles. The van der Waals surface area contributed by atoms with Crippen LogP contribution in [0.1, 0.15) is 23.3 Å². The first-order chi connectivity index (χ1) is 9.70. The molecule has 0 atom stereocenters. The maximum Gasteiger partial charge on any atom is 0.269 e. The van der Waals surface area contributed by atoms with Crippen molar-refractivity contribution < 1.29 is 9.18 Å². The van der Waals surface area contributed by atoms with E-state index in [2.05, 4.69) is 15.5 Å². The van der Waals surface area contributed by atoms with Gasteiger partial charge >= 0.3 is 0 Å². The lowest BCUT2D eigenvalue weighted by molar-refractivity contribution is 0.0948. The number of halogens is 1. The summed E-state index contributed by atoms with van der Waals surface area (Å²) in [4.78, 5) is 11.8. The molecule has 2 rings (SSSR count). The Hall–Kier alpha value is -2.21. The molecule has 0 saturated carbocycles. The van der Waals surface area contributed by atoms with Crippen LogP contribution in [0.5, 0.6) is 0 Å². The van der Waals surface area contributed by atoms with Crippen molar-refractivity contribution in [1.82, 2.24) is 15.5 Å². The van der Waals surface area contributed by atoms with Gasteiger partial charge in [0.05, 0.1) is 5.69 Å². The molecule has 20 heavy (non-hydrogen) atoms. The minimum Gasteiger partial charge on any atom is -0.351 e. The van der Waals surface area contributed by atoms with E-state index in [1.165, 1.54) is 12.1 Å². The summed E-state index contributed by atoms with van der Waals surface area (Å²) in [7, 11) is 0. The Bertz CT molecular complexity index is 565. The second-order valence-corrected chi connectivity index (χ2v) is 4.43. The molecule has 4 N–H and O–H groups in total. The van der Waals surface area contributed by atoms with Crippen LogP contribution < -0.4 is 11.1 Å². The fourth-order valence-electron chi connectivity index (χ4n) is 1.77. The predicted octanol–water partition coefficient (Wildman–Crippen LogP) is 1.68. The highest BCUT2D eigenvalue weighted by Gasteiger charge is 2.10. The van der Waals surface area contributed by atoms with Crippen molar-refractivity contribution in [2.24, 2.45) is 5.73 Å². The maximum absolute atomic E-state index is 12.8. The van der Waals surface area contributed by atoms with E-state index < -0.39 is 0 Å². The van der Waals surface area contributed by atoms with E-state index in [4.69, 9.17) is 5.73 Å². The number of nitrogens with zero attached hydrogens (tertiary/aromatic N) is 1. The molecule has 1 heterocycles. The van der Waals surface area contributed by atoms with Crippen LogP contribution in [0.4, 0.5) is 4.39 Å². The Labute approximate surface area is 116 Å². The van der Waals surface area contributed by atoms with E-state index >= 15 is 0 Å². The molecule has 0 radical (unpaired) electrons. The average molecular weight is 276 g/mol. The van der Waals surface area contributed by atoms with E-state index in [1.807, 2.05) is 0 Å². The van der Waals surface area contributed by atoms with Gasteiger partial charge in [0.25, 0.3) is 5.91 Å². The van der Waals surface area contributed by atoms with Crippen molar-refractivity contribution >= 4 is 5.91 Å². The SMILES string of the molecule is NCCCCNC(=O)c1cc(-c2ccc(F)cc2)n[nH]1. The molecule has 1 amide bonds. The number of aromatic nitrogens is 2. The van der Waals surface area contributed by atoms with Crippen molar-refractivity contribution in [3.63, 3.8) is 0 Å². The number of carbonyl (C=O) groups excluding carboxylic acids is 1. The summed E-state index contributed by atoms with van der Waals surface area (Å²) in [5, 5.41) is 9.51. The standard InChI is InChI=1S/C14H17FN4O/c15-11-5-3-10(4-6-11)12-9-13(19-18-12)14(20)17-8-2-1-7-16/h3-6,9H,1-2,7-8,16H2,(H,17,20)(H,18,19). The first kappa shape index (κ1) is 14.2. The lowest BCUT2D eigenvalue weighted by Gasteiger charge is -2.01. The molecule has 0 fully saturated rings. The highest BCUT2D eigenvalue weighted by Crippen LogP contribution is 2.17. The summed E-state index contributed by atoms with van der Waals surface area (Å²) in [5.74, 6) is -0.509. The number of hydrogen-bond acceptors (Lipinski definition) is 3. The number of hydrogen-bond donors (Lipinski definition) is 3. The number of amides is 1. The number of benzene rings is 1. The Balaban J connectivity index is 1.98. The zero-order valence-corrected chi connectivity index (χ0v) is 11.0. The fraction of sp³-hybridized carbons (Fsp3) is 0.286. The number of unbranched alkanes of at least 4 members (excludes halogenated alkanes) is 1. The van der Waals surface area contributed by atoms with Crippen molar-refractivity contribution in [1.29, 1.82) is 0 Å². The predicted molar refractivity (Wildman–Crippen MR) is 74.6 cm³/mol. The third-order valence-corrected chi connectivity index (χ3v) is 2.88. The zero-order chi connectivity index (χ0) is 14.4. The Morgan fingerprint density at radius 1 is 1.30 bits per heavy atom. The molecule has 0 spiro atoms. The van der Waals surface area contributed by atoms with Gasteiger partial charge in [-0.15, -0.1) is 0 Å². The normalized spacial score (nSPS) is 10.5. The Morgan fingerprint density at radius 2 is 2.05 bits per heavy atom. The van der Waals surface area contributed by atoms with Gasteiger partial charge < -0.3 is 11.1 Å². The van der Waals surface area contributed by atoms with E-state index in [0.717, 1.165) is 18.4 Å². The lowest BCUT2D eigenvalue weighted by atomic mass is 10.1. The van der Waals surface area contributed by atoms with E-state index in [0.29, 0.717) is 24.5 Å². The summed E-state index contributed by atoms with van der Waals surface area (Å²) < 4.78 is 12.8. The number of rotatable bonds is 6. The van der Waals surface area contributed by atoms with Crippen LogP contribution >= 0.6 is 0 Å². The van der Waals surface area contributed by atoms with Crippen LogP contribution in [0.3, 0.4) is 0 Å². The van der Waals surface area contributed by atoms with Crippen molar-refractivity contribution in [2.75, 3.05) is 13.1 Å². The van der Waals surface area contributed by atoms with E-state index in [1.54, 1.807) is 18.2 Å². The molecule has 1 aromatic carbocycles. The molecule has 0 bridgehead atoms. The molecule has 6 heteroatoms.